The molecule has 1 heterocycles. The molecule has 0 aromatic carbocycles. The van der Waals surface area contributed by atoms with Gasteiger partial charge in [-0.1, -0.05) is 19.8 Å². The van der Waals surface area contributed by atoms with E-state index >= 15 is 0 Å². The molecule has 1 rings (SSSR count). The summed E-state index contributed by atoms with van der Waals surface area (Å²) in [5.41, 5.74) is 0.575. The van der Waals surface area contributed by atoms with Gasteiger partial charge in [-0.15, -0.1) is 11.3 Å². The summed E-state index contributed by atoms with van der Waals surface area (Å²) in [5.74, 6) is 0. The first-order valence-corrected chi connectivity index (χ1v) is 5.14. The predicted octanol–water partition coefficient (Wildman–Crippen LogP) is 2.69. The fourth-order valence-electron chi connectivity index (χ4n) is 1.02. The Morgan fingerprint density at radius 1 is 1.58 bits per heavy atom. The quantitative estimate of drug-likeness (QED) is 0.519. The van der Waals surface area contributed by atoms with E-state index in [1.54, 1.807) is 11.3 Å². The van der Waals surface area contributed by atoms with Gasteiger partial charge in [-0.3, -0.25) is 4.79 Å². The Hall–Kier alpha value is -0.700. The van der Waals surface area contributed by atoms with E-state index < -0.39 is 0 Å². The van der Waals surface area contributed by atoms with E-state index in [0.29, 0.717) is 5.69 Å². The van der Waals surface area contributed by atoms with Gasteiger partial charge in [0.1, 0.15) is 5.69 Å². The van der Waals surface area contributed by atoms with Crippen molar-refractivity contribution in [3.05, 3.63) is 16.1 Å². The van der Waals surface area contributed by atoms with Crippen LogP contribution in [0.2, 0.25) is 0 Å². The van der Waals surface area contributed by atoms with Crippen LogP contribution in [0.4, 0.5) is 0 Å². The second-order valence-corrected chi connectivity index (χ2v) is 3.68. The van der Waals surface area contributed by atoms with E-state index in [0.717, 1.165) is 17.7 Å². The number of aldehydes is 1. The van der Waals surface area contributed by atoms with Crippen LogP contribution < -0.4 is 0 Å². The van der Waals surface area contributed by atoms with Crippen LogP contribution in [0.1, 0.15) is 41.7 Å². The molecule has 1 aromatic heterocycles. The second kappa shape index (κ2) is 5.04. The summed E-state index contributed by atoms with van der Waals surface area (Å²) in [6.45, 7) is 2.18. The molecule has 0 bridgehead atoms. The van der Waals surface area contributed by atoms with Gasteiger partial charge in [0.15, 0.2) is 6.29 Å². The van der Waals surface area contributed by atoms with Gasteiger partial charge >= 0.3 is 0 Å². The Kier molecular flexibility index (Phi) is 3.94. The van der Waals surface area contributed by atoms with E-state index in [2.05, 4.69) is 11.9 Å². The van der Waals surface area contributed by atoms with Crippen molar-refractivity contribution < 1.29 is 4.79 Å². The van der Waals surface area contributed by atoms with Gasteiger partial charge in [-0.05, 0) is 12.8 Å². The molecule has 0 spiro atoms. The number of rotatable bonds is 5. The molecule has 1 aromatic rings. The van der Waals surface area contributed by atoms with Crippen molar-refractivity contribution in [1.82, 2.24) is 4.98 Å². The zero-order valence-electron chi connectivity index (χ0n) is 7.25. The molecule has 0 N–H and O–H groups in total. The van der Waals surface area contributed by atoms with Gasteiger partial charge in [0.25, 0.3) is 0 Å². The molecular formula is C9H13NOS. The molecule has 0 aliphatic rings. The number of unbranched alkanes of at least 4 members (excludes halogenated alkanes) is 2. The molecule has 0 amide bonds. The first-order valence-electron chi connectivity index (χ1n) is 4.26. The maximum absolute atomic E-state index is 10.3. The summed E-state index contributed by atoms with van der Waals surface area (Å²) in [5, 5.41) is 2.90. The minimum Gasteiger partial charge on any atom is -0.296 e. The summed E-state index contributed by atoms with van der Waals surface area (Å²) in [6, 6.07) is 0. The third kappa shape index (κ3) is 2.74. The third-order valence-electron chi connectivity index (χ3n) is 1.68. The largest absolute Gasteiger partial charge is 0.296 e. The van der Waals surface area contributed by atoms with Crippen LogP contribution in [-0.4, -0.2) is 11.3 Å². The molecular weight excluding hydrogens is 170 g/mol. The van der Waals surface area contributed by atoms with Crippen molar-refractivity contribution in [1.29, 1.82) is 0 Å². The molecule has 66 valence electrons. The summed E-state index contributed by atoms with van der Waals surface area (Å²) < 4.78 is 0. The van der Waals surface area contributed by atoms with E-state index in [1.165, 1.54) is 19.3 Å². The van der Waals surface area contributed by atoms with Gasteiger partial charge in [0, 0.05) is 5.38 Å². The summed E-state index contributed by atoms with van der Waals surface area (Å²) in [4.78, 5) is 14.4. The Labute approximate surface area is 76.6 Å². The summed E-state index contributed by atoms with van der Waals surface area (Å²) in [6.07, 6.45) is 5.48. The highest BCUT2D eigenvalue weighted by Crippen LogP contribution is 2.11. The van der Waals surface area contributed by atoms with Crippen molar-refractivity contribution >= 4 is 17.6 Å². The van der Waals surface area contributed by atoms with Gasteiger partial charge in [-0.25, -0.2) is 4.98 Å². The van der Waals surface area contributed by atoms with E-state index in [1.807, 2.05) is 5.38 Å². The fourth-order valence-corrected chi connectivity index (χ4v) is 1.81. The molecule has 0 aliphatic heterocycles. The highest BCUT2D eigenvalue weighted by Gasteiger charge is 1.99. The Morgan fingerprint density at radius 3 is 3.00 bits per heavy atom. The van der Waals surface area contributed by atoms with Crippen LogP contribution in [0, 0.1) is 0 Å². The van der Waals surface area contributed by atoms with Crippen LogP contribution in [-0.2, 0) is 6.42 Å². The molecule has 0 atom stereocenters. The van der Waals surface area contributed by atoms with Crippen molar-refractivity contribution in [2.75, 3.05) is 0 Å². The van der Waals surface area contributed by atoms with Gasteiger partial charge in [0.2, 0.25) is 0 Å². The molecule has 12 heavy (non-hydrogen) atoms. The zero-order valence-corrected chi connectivity index (χ0v) is 8.06. The number of hydrogen-bond acceptors (Lipinski definition) is 3. The Morgan fingerprint density at radius 2 is 2.42 bits per heavy atom. The van der Waals surface area contributed by atoms with Gasteiger partial charge < -0.3 is 0 Å². The molecule has 0 unspecified atom stereocenters. The van der Waals surface area contributed by atoms with Crippen LogP contribution in [0.3, 0.4) is 0 Å². The number of carbonyl (C=O) groups is 1. The number of aromatic nitrogens is 1. The Bertz CT molecular complexity index is 244. The minimum absolute atomic E-state index is 0.575. The molecule has 0 saturated carbocycles. The number of hydrogen-bond donors (Lipinski definition) is 0. The predicted molar refractivity (Wildman–Crippen MR) is 50.7 cm³/mol. The SMILES string of the molecule is CCCCCc1nc(C=O)cs1. The summed E-state index contributed by atoms with van der Waals surface area (Å²) in [7, 11) is 0. The minimum atomic E-state index is 0.575. The van der Waals surface area contributed by atoms with E-state index in [-0.39, 0.29) is 0 Å². The fraction of sp³-hybridized carbons (Fsp3) is 0.556. The number of carbonyl (C=O) groups excluding carboxylic acids is 1. The zero-order chi connectivity index (χ0) is 8.81. The van der Waals surface area contributed by atoms with Crippen LogP contribution in [0.25, 0.3) is 0 Å². The summed E-state index contributed by atoms with van der Waals surface area (Å²) >= 11 is 1.58. The molecule has 0 fully saturated rings. The highest BCUT2D eigenvalue weighted by molar-refractivity contribution is 7.09. The van der Waals surface area contributed by atoms with E-state index in [4.69, 9.17) is 0 Å². The standard InChI is InChI=1S/C9H13NOS/c1-2-3-4-5-9-10-8(6-11)7-12-9/h6-7H,2-5H2,1H3. The van der Waals surface area contributed by atoms with Crippen molar-refractivity contribution in [2.45, 2.75) is 32.6 Å². The topological polar surface area (TPSA) is 30.0 Å². The first kappa shape index (κ1) is 9.39. The number of aryl methyl sites for hydroxylation is 1. The molecule has 0 saturated heterocycles. The maximum atomic E-state index is 10.3. The lowest BCUT2D eigenvalue weighted by Crippen LogP contribution is -1.85. The molecule has 0 radical (unpaired) electrons. The van der Waals surface area contributed by atoms with Crippen LogP contribution in [0.15, 0.2) is 5.38 Å². The van der Waals surface area contributed by atoms with Crippen molar-refractivity contribution in [3.63, 3.8) is 0 Å². The first-order chi connectivity index (χ1) is 5.86. The lowest BCUT2D eigenvalue weighted by atomic mass is 10.2. The maximum Gasteiger partial charge on any atom is 0.169 e. The third-order valence-corrected chi connectivity index (χ3v) is 2.61. The Balaban J connectivity index is 2.36. The number of thiazole rings is 1. The average molecular weight is 183 g/mol. The van der Waals surface area contributed by atoms with E-state index in [9.17, 15) is 4.79 Å². The monoisotopic (exact) mass is 183 g/mol. The normalized spacial score (nSPS) is 10.1. The van der Waals surface area contributed by atoms with Crippen LogP contribution in [0.5, 0.6) is 0 Å². The lowest BCUT2D eigenvalue weighted by Gasteiger charge is -1.92. The smallest absolute Gasteiger partial charge is 0.169 e. The highest BCUT2D eigenvalue weighted by atomic mass is 32.1. The van der Waals surface area contributed by atoms with Crippen molar-refractivity contribution in [2.24, 2.45) is 0 Å². The average Bonchev–Trinajstić information content (AvgIpc) is 2.53. The number of nitrogens with zero attached hydrogens (tertiary/aromatic N) is 1. The molecule has 3 heteroatoms. The molecule has 2 nitrogen and oxygen atoms in total. The van der Waals surface area contributed by atoms with Crippen molar-refractivity contribution in [3.8, 4) is 0 Å². The van der Waals surface area contributed by atoms with Gasteiger partial charge in [-0.2, -0.15) is 0 Å². The molecule has 0 aliphatic carbocycles. The van der Waals surface area contributed by atoms with Crippen LogP contribution >= 0.6 is 11.3 Å². The van der Waals surface area contributed by atoms with Gasteiger partial charge in [0.05, 0.1) is 5.01 Å². The lowest BCUT2D eigenvalue weighted by molar-refractivity contribution is 0.111. The second-order valence-electron chi connectivity index (χ2n) is 2.74.